The Labute approximate surface area is 115 Å². The van der Waals surface area contributed by atoms with Gasteiger partial charge >= 0.3 is 0 Å². The van der Waals surface area contributed by atoms with Gasteiger partial charge in [0.2, 0.25) is 11.2 Å². The molecule has 1 aromatic carbocycles. The second kappa shape index (κ2) is 4.82. The van der Waals surface area contributed by atoms with Gasteiger partial charge in [0.1, 0.15) is 0 Å². The first-order valence-electron chi connectivity index (χ1n) is 5.70. The van der Waals surface area contributed by atoms with Gasteiger partial charge < -0.3 is 4.74 Å². The van der Waals surface area contributed by atoms with E-state index < -0.39 is 0 Å². The molecule has 0 bridgehead atoms. The largest absolute Gasteiger partial charge is 0.480 e. The molecule has 0 N–H and O–H groups in total. The average molecular weight is 272 g/mol. The fourth-order valence-electron chi connectivity index (χ4n) is 1.92. The van der Waals surface area contributed by atoms with Crippen LogP contribution in [0.25, 0.3) is 22.2 Å². The Bertz CT molecular complexity index is 746. The lowest BCUT2D eigenvalue weighted by atomic mass is 10.1. The molecule has 0 aliphatic carbocycles. The first kappa shape index (κ1) is 11.9. The molecular weight excluding hydrogens is 262 g/mol. The maximum Gasteiger partial charge on any atom is 0.223 e. The number of fused-ring (bicyclic) bond motifs is 1. The topological polar surface area (TPSA) is 47.9 Å². The van der Waals surface area contributed by atoms with Crippen molar-refractivity contribution >= 4 is 22.5 Å². The predicted molar refractivity (Wildman–Crippen MR) is 74.3 cm³/mol. The van der Waals surface area contributed by atoms with Crippen molar-refractivity contribution in [1.82, 2.24) is 15.0 Å². The molecule has 0 atom stereocenters. The molecule has 0 unspecified atom stereocenters. The van der Waals surface area contributed by atoms with Gasteiger partial charge in [-0.05, 0) is 29.8 Å². The summed E-state index contributed by atoms with van der Waals surface area (Å²) in [7, 11) is 1.59. The summed E-state index contributed by atoms with van der Waals surface area (Å²) < 4.78 is 5.33. The number of methoxy groups -OCH3 is 1. The molecule has 2 aromatic heterocycles. The fourth-order valence-corrected chi connectivity index (χ4v) is 2.07. The second-order valence-electron chi connectivity index (χ2n) is 3.95. The highest BCUT2D eigenvalue weighted by Crippen LogP contribution is 2.30. The van der Waals surface area contributed by atoms with Gasteiger partial charge in [-0.3, -0.25) is 0 Å². The maximum absolute atomic E-state index is 5.83. The lowest BCUT2D eigenvalue weighted by molar-refractivity contribution is 0.401. The number of nitrogens with zero attached hydrogens (tertiary/aromatic N) is 3. The normalized spacial score (nSPS) is 10.6. The van der Waals surface area contributed by atoms with Crippen LogP contribution in [0.4, 0.5) is 0 Å². The zero-order valence-electron chi connectivity index (χ0n) is 10.2. The summed E-state index contributed by atoms with van der Waals surface area (Å²) in [6.45, 7) is 0. The summed E-state index contributed by atoms with van der Waals surface area (Å²) in [4.78, 5) is 12.5. The van der Waals surface area contributed by atoms with Crippen LogP contribution in [-0.4, -0.2) is 22.1 Å². The Kier molecular flexibility index (Phi) is 3.01. The lowest BCUT2D eigenvalue weighted by Gasteiger charge is -2.08. The number of rotatable bonds is 2. The number of aromatic nitrogens is 3. The zero-order chi connectivity index (χ0) is 13.2. The highest BCUT2D eigenvalue weighted by molar-refractivity contribution is 6.28. The van der Waals surface area contributed by atoms with E-state index >= 15 is 0 Å². The molecule has 0 radical (unpaired) electrons. The van der Waals surface area contributed by atoms with Crippen LogP contribution in [0.2, 0.25) is 5.28 Å². The van der Waals surface area contributed by atoms with Crippen molar-refractivity contribution in [1.29, 1.82) is 0 Å². The average Bonchev–Trinajstić information content (AvgIpc) is 2.46. The van der Waals surface area contributed by atoms with E-state index in [0.29, 0.717) is 11.6 Å². The minimum absolute atomic E-state index is 0.202. The number of hydrogen-bond donors (Lipinski definition) is 0. The van der Waals surface area contributed by atoms with Crippen LogP contribution in [-0.2, 0) is 0 Å². The van der Waals surface area contributed by atoms with Crippen molar-refractivity contribution in [2.45, 2.75) is 0 Å². The standard InChI is InChI=1S/C14H10ClN3O/c1-19-13-10(12-6-7-16-14(15)18-12)8-9-4-2-3-5-11(9)17-13/h2-8H,1H3. The molecule has 19 heavy (non-hydrogen) atoms. The Morgan fingerprint density at radius 3 is 2.74 bits per heavy atom. The third kappa shape index (κ3) is 2.22. The molecule has 0 fully saturated rings. The molecule has 2 heterocycles. The van der Waals surface area contributed by atoms with E-state index in [0.717, 1.165) is 16.5 Å². The Morgan fingerprint density at radius 2 is 1.95 bits per heavy atom. The third-order valence-corrected chi connectivity index (χ3v) is 2.97. The van der Waals surface area contributed by atoms with E-state index in [1.54, 1.807) is 19.4 Å². The van der Waals surface area contributed by atoms with Crippen LogP contribution in [0.15, 0.2) is 42.6 Å². The number of benzene rings is 1. The molecule has 3 rings (SSSR count). The monoisotopic (exact) mass is 271 g/mol. The van der Waals surface area contributed by atoms with E-state index in [-0.39, 0.29) is 5.28 Å². The highest BCUT2D eigenvalue weighted by atomic mass is 35.5. The summed E-state index contributed by atoms with van der Waals surface area (Å²) >= 11 is 5.83. The summed E-state index contributed by atoms with van der Waals surface area (Å²) in [6, 6.07) is 11.6. The van der Waals surface area contributed by atoms with Crippen LogP contribution < -0.4 is 4.74 Å². The lowest BCUT2D eigenvalue weighted by Crippen LogP contribution is -1.95. The molecule has 0 aliphatic heterocycles. The van der Waals surface area contributed by atoms with Crippen molar-refractivity contribution in [2.24, 2.45) is 0 Å². The Balaban J connectivity index is 2.27. The van der Waals surface area contributed by atoms with Gasteiger partial charge in [-0.2, -0.15) is 0 Å². The molecule has 4 nitrogen and oxygen atoms in total. The molecule has 0 saturated carbocycles. The summed E-state index contributed by atoms with van der Waals surface area (Å²) in [5.74, 6) is 0.522. The molecular formula is C14H10ClN3O. The fraction of sp³-hybridized carbons (Fsp3) is 0.0714. The predicted octanol–water partition coefficient (Wildman–Crippen LogP) is 3.35. The smallest absolute Gasteiger partial charge is 0.223 e. The van der Waals surface area contributed by atoms with E-state index in [1.165, 1.54) is 0 Å². The Hall–Kier alpha value is -2.20. The van der Waals surface area contributed by atoms with E-state index in [4.69, 9.17) is 16.3 Å². The SMILES string of the molecule is COc1nc2ccccc2cc1-c1ccnc(Cl)n1. The molecule has 5 heteroatoms. The summed E-state index contributed by atoms with van der Waals surface area (Å²) in [5.41, 5.74) is 2.36. The summed E-state index contributed by atoms with van der Waals surface area (Å²) in [5, 5.41) is 1.22. The van der Waals surface area contributed by atoms with Crippen molar-refractivity contribution in [3.8, 4) is 17.1 Å². The second-order valence-corrected chi connectivity index (χ2v) is 4.29. The molecule has 0 aliphatic rings. The van der Waals surface area contributed by atoms with Gasteiger partial charge in [0.25, 0.3) is 0 Å². The van der Waals surface area contributed by atoms with Gasteiger partial charge in [-0.25, -0.2) is 15.0 Å². The first-order valence-corrected chi connectivity index (χ1v) is 6.08. The van der Waals surface area contributed by atoms with E-state index in [1.807, 2.05) is 30.3 Å². The maximum atomic E-state index is 5.83. The van der Waals surface area contributed by atoms with E-state index in [2.05, 4.69) is 15.0 Å². The molecule has 0 amide bonds. The number of pyridine rings is 1. The van der Waals surface area contributed by atoms with Crippen LogP contribution >= 0.6 is 11.6 Å². The van der Waals surface area contributed by atoms with Gasteiger partial charge in [-0.15, -0.1) is 0 Å². The number of ether oxygens (including phenoxy) is 1. The molecule has 0 saturated heterocycles. The minimum atomic E-state index is 0.202. The van der Waals surface area contributed by atoms with Crippen molar-refractivity contribution in [3.63, 3.8) is 0 Å². The number of para-hydroxylation sites is 1. The first-order chi connectivity index (χ1) is 9.28. The Morgan fingerprint density at radius 1 is 1.11 bits per heavy atom. The van der Waals surface area contributed by atoms with Crippen LogP contribution in [0.3, 0.4) is 0 Å². The summed E-state index contributed by atoms with van der Waals surface area (Å²) in [6.07, 6.45) is 1.61. The third-order valence-electron chi connectivity index (χ3n) is 2.78. The van der Waals surface area contributed by atoms with Crippen LogP contribution in [0.1, 0.15) is 0 Å². The quantitative estimate of drug-likeness (QED) is 0.671. The highest BCUT2D eigenvalue weighted by Gasteiger charge is 2.11. The van der Waals surface area contributed by atoms with Crippen LogP contribution in [0, 0.1) is 0 Å². The van der Waals surface area contributed by atoms with Gasteiger partial charge in [0.05, 0.1) is 23.9 Å². The number of hydrogen-bond acceptors (Lipinski definition) is 4. The van der Waals surface area contributed by atoms with Crippen molar-refractivity contribution in [2.75, 3.05) is 7.11 Å². The molecule has 94 valence electrons. The van der Waals surface area contributed by atoms with Gasteiger partial charge in [0, 0.05) is 11.6 Å². The van der Waals surface area contributed by atoms with Crippen LogP contribution in [0.5, 0.6) is 5.88 Å². The van der Waals surface area contributed by atoms with Crippen molar-refractivity contribution < 1.29 is 4.74 Å². The van der Waals surface area contributed by atoms with Gasteiger partial charge in [0.15, 0.2) is 0 Å². The molecule has 0 spiro atoms. The van der Waals surface area contributed by atoms with Gasteiger partial charge in [-0.1, -0.05) is 18.2 Å². The molecule has 3 aromatic rings. The number of halogens is 1. The van der Waals surface area contributed by atoms with E-state index in [9.17, 15) is 0 Å². The minimum Gasteiger partial charge on any atom is -0.480 e. The zero-order valence-corrected chi connectivity index (χ0v) is 10.9. The van der Waals surface area contributed by atoms with Crippen molar-refractivity contribution in [3.05, 3.63) is 47.9 Å².